The lowest BCUT2D eigenvalue weighted by molar-refractivity contribution is -0.125. The molecule has 0 bridgehead atoms. The summed E-state index contributed by atoms with van der Waals surface area (Å²) in [5.74, 6) is 0.487. The van der Waals surface area contributed by atoms with Gasteiger partial charge in [-0.05, 0) is 99.9 Å². The molecule has 5 rings (SSSR count). The molecular formula is C38H54N4O6. The van der Waals surface area contributed by atoms with Gasteiger partial charge in [0.15, 0.2) is 6.29 Å². The molecule has 262 valence electrons. The summed E-state index contributed by atoms with van der Waals surface area (Å²) in [4.78, 5) is 43.7. The highest BCUT2D eigenvalue weighted by Gasteiger charge is 2.34. The second-order valence-electron chi connectivity index (χ2n) is 13.6. The van der Waals surface area contributed by atoms with Crippen LogP contribution in [-0.4, -0.2) is 78.2 Å². The van der Waals surface area contributed by atoms with Crippen molar-refractivity contribution in [2.75, 3.05) is 45.7 Å². The second-order valence-corrected chi connectivity index (χ2v) is 13.6. The molecule has 1 atom stereocenters. The van der Waals surface area contributed by atoms with E-state index in [0.717, 1.165) is 53.8 Å². The van der Waals surface area contributed by atoms with Gasteiger partial charge in [0, 0.05) is 74.3 Å². The summed E-state index contributed by atoms with van der Waals surface area (Å²) < 4.78 is 13.0. The quantitative estimate of drug-likeness (QED) is 0.304. The summed E-state index contributed by atoms with van der Waals surface area (Å²) in [6.07, 6.45) is 11.0. The van der Waals surface area contributed by atoms with E-state index in [9.17, 15) is 19.5 Å². The van der Waals surface area contributed by atoms with Crippen molar-refractivity contribution in [3.63, 3.8) is 0 Å². The van der Waals surface area contributed by atoms with Crippen molar-refractivity contribution >= 4 is 23.6 Å². The van der Waals surface area contributed by atoms with Gasteiger partial charge in [-0.2, -0.15) is 0 Å². The topological polar surface area (TPSA) is 113 Å². The molecule has 0 aliphatic carbocycles. The van der Waals surface area contributed by atoms with Crippen LogP contribution in [-0.2, 0) is 34.7 Å². The number of carbonyl (C=O) groups is 2. The Hall–Kier alpha value is -3.47. The minimum Gasteiger partial charge on any atom is -0.410 e. The number of ether oxygens (including phenoxy) is 2. The molecule has 1 aromatic carbocycles. The second kappa shape index (κ2) is 16.3. The summed E-state index contributed by atoms with van der Waals surface area (Å²) >= 11 is 0. The maximum absolute atomic E-state index is 13.7. The van der Waals surface area contributed by atoms with E-state index in [4.69, 9.17) is 9.47 Å². The number of aliphatic hydroxyl groups is 1. The molecule has 10 nitrogen and oxygen atoms in total. The van der Waals surface area contributed by atoms with Crippen LogP contribution in [0.2, 0.25) is 0 Å². The van der Waals surface area contributed by atoms with E-state index in [1.54, 1.807) is 17.6 Å². The number of aromatic nitrogens is 1. The molecule has 2 aromatic rings. The van der Waals surface area contributed by atoms with Gasteiger partial charge in [0.2, 0.25) is 0 Å². The Labute approximate surface area is 285 Å². The van der Waals surface area contributed by atoms with Gasteiger partial charge in [-0.15, -0.1) is 0 Å². The number of hydrogen-bond donors (Lipinski definition) is 2. The molecule has 48 heavy (non-hydrogen) atoms. The number of nitrogens with one attached hydrogen (secondary N) is 1. The van der Waals surface area contributed by atoms with Gasteiger partial charge in [0.05, 0.1) is 6.61 Å². The van der Waals surface area contributed by atoms with Gasteiger partial charge < -0.3 is 34.3 Å². The zero-order chi connectivity index (χ0) is 34.3. The van der Waals surface area contributed by atoms with Gasteiger partial charge in [-0.1, -0.05) is 26.7 Å². The largest absolute Gasteiger partial charge is 0.415 e. The van der Waals surface area contributed by atoms with E-state index in [1.165, 1.54) is 45.9 Å². The number of pyridine rings is 1. The number of methoxy groups -OCH3 is 1. The van der Waals surface area contributed by atoms with Gasteiger partial charge in [0.1, 0.15) is 11.4 Å². The number of nitrogens with zero attached hydrogens (tertiary/aromatic N) is 3. The third-order valence-corrected chi connectivity index (χ3v) is 10.6. The van der Waals surface area contributed by atoms with Crippen molar-refractivity contribution in [1.82, 2.24) is 14.4 Å². The fourth-order valence-corrected chi connectivity index (χ4v) is 7.89. The number of rotatable bonds is 10. The lowest BCUT2D eigenvalue weighted by Crippen LogP contribution is -2.41. The van der Waals surface area contributed by atoms with Crippen LogP contribution in [0.1, 0.15) is 100 Å². The number of likely N-dealkylation sites (tertiary alicyclic amines) is 2. The van der Waals surface area contributed by atoms with Crippen LogP contribution in [0.5, 0.6) is 5.75 Å². The highest BCUT2D eigenvalue weighted by Crippen LogP contribution is 2.37. The minimum absolute atomic E-state index is 0.00234. The maximum Gasteiger partial charge on any atom is 0.415 e. The lowest BCUT2D eigenvalue weighted by atomic mass is 9.88. The first kappa shape index (κ1) is 35.8. The first-order chi connectivity index (χ1) is 23.3. The van der Waals surface area contributed by atoms with E-state index < -0.39 is 5.60 Å². The van der Waals surface area contributed by atoms with Crippen LogP contribution in [0, 0.1) is 0 Å². The van der Waals surface area contributed by atoms with Crippen LogP contribution < -0.4 is 15.6 Å². The number of aldehydes is 1. The molecule has 2 saturated heterocycles. The van der Waals surface area contributed by atoms with Crippen molar-refractivity contribution in [3.05, 3.63) is 62.6 Å². The Morgan fingerprint density at radius 1 is 1.04 bits per heavy atom. The Balaban J connectivity index is 1.35. The average Bonchev–Trinajstić information content (AvgIpc) is 3.32. The van der Waals surface area contributed by atoms with Crippen molar-refractivity contribution in [2.45, 2.75) is 109 Å². The maximum atomic E-state index is 13.7. The van der Waals surface area contributed by atoms with Gasteiger partial charge >= 0.3 is 6.09 Å². The van der Waals surface area contributed by atoms with E-state index in [2.05, 4.69) is 17.1 Å². The third kappa shape index (κ3) is 7.71. The summed E-state index contributed by atoms with van der Waals surface area (Å²) in [5, 5.41) is 14.4. The molecule has 0 unspecified atom stereocenters. The molecule has 1 aromatic heterocycles. The van der Waals surface area contributed by atoms with E-state index in [-0.39, 0.29) is 24.7 Å². The zero-order valence-corrected chi connectivity index (χ0v) is 29.3. The number of benzene rings is 1. The molecule has 3 aliphatic heterocycles. The molecule has 3 aliphatic rings. The summed E-state index contributed by atoms with van der Waals surface area (Å²) in [6.45, 7) is 8.00. The minimum atomic E-state index is -1.76. The first-order valence-electron chi connectivity index (χ1n) is 17.9. The monoisotopic (exact) mass is 662 g/mol. The summed E-state index contributed by atoms with van der Waals surface area (Å²) in [5.41, 5.74) is 3.26. The first-order valence-corrected chi connectivity index (χ1v) is 17.9. The molecule has 10 heteroatoms. The SMILES string of the molecule is CC/C(=C1/Cc2cc([C@](O)(C=O)CC)c(COC)c(=O)n2C1)c1cc(OC(=O)N2CCCC(N3CCCCCC3)CCC2)ccc1NC. The van der Waals surface area contributed by atoms with Crippen LogP contribution in [0.3, 0.4) is 0 Å². The molecule has 2 fully saturated rings. The number of amides is 1. The number of anilines is 1. The molecule has 4 heterocycles. The molecular weight excluding hydrogens is 608 g/mol. The van der Waals surface area contributed by atoms with Crippen LogP contribution in [0.25, 0.3) is 5.57 Å². The Bertz CT molecular complexity index is 1530. The van der Waals surface area contributed by atoms with Crippen molar-refractivity contribution in [3.8, 4) is 5.75 Å². The predicted octanol–water partition coefficient (Wildman–Crippen LogP) is 5.87. The van der Waals surface area contributed by atoms with Crippen LogP contribution >= 0.6 is 0 Å². The van der Waals surface area contributed by atoms with Crippen molar-refractivity contribution in [1.29, 1.82) is 0 Å². The molecule has 0 spiro atoms. The molecule has 0 saturated carbocycles. The van der Waals surface area contributed by atoms with Crippen molar-refractivity contribution in [2.24, 2.45) is 0 Å². The number of carbonyl (C=O) groups excluding carboxylic acids is 2. The van der Waals surface area contributed by atoms with Crippen LogP contribution in [0.4, 0.5) is 10.5 Å². The molecule has 0 radical (unpaired) electrons. The third-order valence-electron chi connectivity index (χ3n) is 10.6. The Kier molecular flexibility index (Phi) is 12.2. The zero-order valence-electron chi connectivity index (χ0n) is 29.3. The normalized spacial score (nSPS) is 20.2. The standard InChI is InChI=1S/C38H54N4O6/c1-5-31(27-21-29-22-34(38(46,6-2)26-43)33(25-47-4)36(44)42(29)24-27)32-23-30(15-16-35(32)39-3)48-37(45)41-19-11-13-28(14-12-20-41)40-17-9-7-8-10-18-40/h15-16,22-23,26,28,39,46H,5-14,17-21,24-25H2,1-4H3/b31-27+/t38-/m1/s1. The van der Waals surface area contributed by atoms with Gasteiger partial charge in [-0.25, -0.2) is 4.79 Å². The average molecular weight is 663 g/mol. The number of allylic oxidation sites excluding steroid dienone is 2. The summed E-state index contributed by atoms with van der Waals surface area (Å²) in [7, 11) is 3.36. The predicted molar refractivity (Wildman–Crippen MR) is 188 cm³/mol. The highest BCUT2D eigenvalue weighted by molar-refractivity contribution is 5.81. The molecule has 1 amide bonds. The van der Waals surface area contributed by atoms with E-state index >= 15 is 0 Å². The fourth-order valence-electron chi connectivity index (χ4n) is 7.89. The molecule has 2 N–H and O–H groups in total. The van der Waals surface area contributed by atoms with Gasteiger partial charge in [-0.3, -0.25) is 9.59 Å². The van der Waals surface area contributed by atoms with Gasteiger partial charge in [0.25, 0.3) is 5.56 Å². The van der Waals surface area contributed by atoms with Crippen LogP contribution in [0.15, 0.2) is 34.6 Å². The Morgan fingerprint density at radius 3 is 2.35 bits per heavy atom. The number of hydrogen-bond acceptors (Lipinski definition) is 8. The Morgan fingerprint density at radius 2 is 1.75 bits per heavy atom. The highest BCUT2D eigenvalue weighted by atomic mass is 16.6. The fraction of sp³-hybridized carbons (Fsp3) is 0.605. The number of fused-ring (bicyclic) bond motifs is 1. The lowest BCUT2D eigenvalue weighted by Gasteiger charge is -2.34. The van der Waals surface area contributed by atoms with E-state index in [0.29, 0.717) is 61.7 Å². The van der Waals surface area contributed by atoms with E-state index in [1.807, 2.05) is 30.1 Å². The smallest absolute Gasteiger partial charge is 0.410 e. The summed E-state index contributed by atoms with van der Waals surface area (Å²) in [6, 6.07) is 8.08. The van der Waals surface area contributed by atoms with Crippen molar-refractivity contribution < 1.29 is 24.2 Å².